The topological polar surface area (TPSA) is 67.2 Å². The third-order valence-corrected chi connectivity index (χ3v) is 6.22. The minimum atomic E-state index is -3.60. The van der Waals surface area contributed by atoms with Crippen LogP contribution in [0, 0.1) is 0 Å². The molecule has 0 fully saturated rings. The van der Waals surface area contributed by atoms with E-state index in [-0.39, 0.29) is 4.90 Å². The molecule has 144 valence electrons. The molecule has 0 aliphatic rings. The second kappa shape index (κ2) is 8.10. The lowest BCUT2D eigenvalue weighted by Gasteiger charge is -2.17. The molecule has 0 radical (unpaired) electrons. The van der Waals surface area contributed by atoms with Gasteiger partial charge in [-0.2, -0.15) is 0 Å². The van der Waals surface area contributed by atoms with Crippen LogP contribution in [0.25, 0.3) is 11.0 Å². The second-order valence-corrected chi connectivity index (χ2v) is 8.17. The Morgan fingerprint density at radius 1 is 1.07 bits per heavy atom. The van der Waals surface area contributed by atoms with Gasteiger partial charge in [0.2, 0.25) is 0 Å². The first kappa shape index (κ1) is 19.4. The third kappa shape index (κ3) is 4.31. The standard InChI is InChI=1S/C20H26N4O2S/c1-4-24(5-2)14-13-20-21-18-15-16(11-12-19(18)23(20)3)22-27(25,26)17-9-7-6-8-10-17/h6-12,15,22H,4-5,13-14H2,1-3H3. The number of rotatable bonds is 8. The molecule has 0 aliphatic heterocycles. The van der Waals surface area contributed by atoms with Gasteiger partial charge in [-0.05, 0) is 43.4 Å². The van der Waals surface area contributed by atoms with Gasteiger partial charge < -0.3 is 9.47 Å². The molecule has 0 saturated carbocycles. The largest absolute Gasteiger partial charge is 0.331 e. The number of fused-ring (bicyclic) bond motifs is 1. The number of hydrogen-bond acceptors (Lipinski definition) is 4. The van der Waals surface area contributed by atoms with Crippen LogP contribution in [0.5, 0.6) is 0 Å². The fourth-order valence-electron chi connectivity index (χ4n) is 3.15. The quantitative estimate of drug-likeness (QED) is 0.645. The van der Waals surface area contributed by atoms with Crippen molar-refractivity contribution in [2.45, 2.75) is 25.2 Å². The van der Waals surface area contributed by atoms with E-state index in [1.165, 1.54) is 0 Å². The van der Waals surface area contributed by atoms with Gasteiger partial charge >= 0.3 is 0 Å². The van der Waals surface area contributed by atoms with E-state index in [0.717, 1.165) is 42.9 Å². The predicted octanol–water partition coefficient (Wildman–Crippen LogP) is 3.26. The summed E-state index contributed by atoms with van der Waals surface area (Å²) < 4.78 is 29.7. The first-order valence-electron chi connectivity index (χ1n) is 9.20. The van der Waals surface area contributed by atoms with E-state index >= 15 is 0 Å². The molecule has 2 aromatic carbocycles. The highest BCUT2D eigenvalue weighted by atomic mass is 32.2. The molecule has 0 saturated heterocycles. The van der Waals surface area contributed by atoms with Gasteiger partial charge in [-0.3, -0.25) is 4.72 Å². The first-order valence-corrected chi connectivity index (χ1v) is 10.7. The second-order valence-electron chi connectivity index (χ2n) is 6.49. The maximum atomic E-state index is 12.5. The molecular weight excluding hydrogens is 360 g/mol. The van der Waals surface area contributed by atoms with E-state index in [0.29, 0.717) is 5.69 Å². The molecule has 0 amide bonds. The van der Waals surface area contributed by atoms with Crippen LogP contribution in [0.3, 0.4) is 0 Å². The summed E-state index contributed by atoms with van der Waals surface area (Å²) in [5.41, 5.74) is 2.30. The van der Waals surface area contributed by atoms with Crippen LogP contribution in [-0.2, 0) is 23.5 Å². The van der Waals surface area contributed by atoms with Crippen LogP contribution in [0.15, 0.2) is 53.4 Å². The van der Waals surface area contributed by atoms with E-state index in [1.807, 2.05) is 13.1 Å². The number of aryl methyl sites for hydroxylation is 1. The van der Waals surface area contributed by atoms with E-state index in [1.54, 1.807) is 42.5 Å². The average Bonchev–Trinajstić information content (AvgIpc) is 2.98. The highest BCUT2D eigenvalue weighted by Gasteiger charge is 2.15. The van der Waals surface area contributed by atoms with Crippen LogP contribution in [0.2, 0.25) is 0 Å². The Labute approximate surface area is 160 Å². The highest BCUT2D eigenvalue weighted by molar-refractivity contribution is 7.92. The molecule has 0 atom stereocenters. The van der Waals surface area contributed by atoms with E-state index in [2.05, 4.69) is 28.0 Å². The monoisotopic (exact) mass is 386 g/mol. The molecule has 0 aliphatic carbocycles. The fraction of sp³-hybridized carbons (Fsp3) is 0.350. The van der Waals surface area contributed by atoms with Crippen LogP contribution < -0.4 is 4.72 Å². The number of benzene rings is 2. The van der Waals surface area contributed by atoms with Gasteiger partial charge in [0.1, 0.15) is 5.82 Å². The molecule has 0 unspecified atom stereocenters. The summed E-state index contributed by atoms with van der Waals surface area (Å²) in [4.78, 5) is 7.32. The number of aromatic nitrogens is 2. The van der Waals surface area contributed by atoms with Crippen LogP contribution in [0.1, 0.15) is 19.7 Å². The van der Waals surface area contributed by atoms with Crippen molar-refractivity contribution in [3.05, 3.63) is 54.4 Å². The van der Waals surface area contributed by atoms with Crippen molar-refractivity contribution in [3.63, 3.8) is 0 Å². The van der Waals surface area contributed by atoms with Gasteiger partial charge in [-0.15, -0.1) is 0 Å². The lowest BCUT2D eigenvalue weighted by atomic mass is 10.3. The van der Waals surface area contributed by atoms with Gasteiger partial charge in [0.05, 0.1) is 21.6 Å². The average molecular weight is 387 g/mol. The summed E-state index contributed by atoms with van der Waals surface area (Å²) in [6.45, 7) is 7.31. The van der Waals surface area contributed by atoms with Crippen molar-refractivity contribution >= 4 is 26.7 Å². The fourth-order valence-corrected chi connectivity index (χ4v) is 4.22. The van der Waals surface area contributed by atoms with E-state index < -0.39 is 10.0 Å². The molecule has 27 heavy (non-hydrogen) atoms. The molecule has 1 N–H and O–H groups in total. The maximum Gasteiger partial charge on any atom is 0.261 e. The van der Waals surface area contributed by atoms with Crippen molar-refractivity contribution < 1.29 is 8.42 Å². The van der Waals surface area contributed by atoms with Crippen molar-refractivity contribution in [1.29, 1.82) is 0 Å². The summed E-state index contributed by atoms with van der Waals surface area (Å²) in [7, 11) is -1.60. The molecule has 6 nitrogen and oxygen atoms in total. The minimum Gasteiger partial charge on any atom is -0.331 e. The third-order valence-electron chi connectivity index (χ3n) is 4.83. The summed E-state index contributed by atoms with van der Waals surface area (Å²) in [6.07, 6.45) is 0.859. The normalized spacial score (nSPS) is 12.0. The van der Waals surface area contributed by atoms with Gasteiger partial charge in [-0.1, -0.05) is 32.0 Å². The van der Waals surface area contributed by atoms with Crippen LogP contribution in [-0.4, -0.2) is 42.5 Å². The number of anilines is 1. The van der Waals surface area contributed by atoms with Gasteiger partial charge in [-0.25, -0.2) is 13.4 Å². The SMILES string of the molecule is CCN(CC)CCc1nc2cc(NS(=O)(=O)c3ccccc3)ccc2n1C. The highest BCUT2D eigenvalue weighted by Crippen LogP contribution is 2.22. The number of imidazole rings is 1. The molecule has 7 heteroatoms. The lowest BCUT2D eigenvalue weighted by molar-refractivity contribution is 0.305. The van der Waals surface area contributed by atoms with E-state index in [9.17, 15) is 8.42 Å². The van der Waals surface area contributed by atoms with Crippen molar-refractivity contribution in [2.75, 3.05) is 24.4 Å². The first-order chi connectivity index (χ1) is 12.9. The summed E-state index contributed by atoms with van der Waals surface area (Å²) in [5, 5.41) is 0. The van der Waals surface area contributed by atoms with Crippen molar-refractivity contribution in [1.82, 2.24) is 14.5 Å². The zero-order valence-electron chi connectivity index (χ0n) is 16.0. The van der Waals surface area contributed by atoms with Crippen molar-refractivity contribution in [3.8, 4) is 0 Å². The Hall–Kier alpha value is -2.38. The molecule has 3 aromatic rings. The Kier molecular flexibility index (Phi) is 5.82. The van der Waals surface area contributed by atoms with Crippen LogP contribution >= 0.6 is 0 Å². The molecule has 3 rings (SSSR count). The van der Waals surface area contributed by atoms with Crippen molar-refractivity contribution in [2.24, 2.45) is 7.05 Å². The lowest BCUT2D eigenvalue weighted by Crippen LogP contribution is -2.26. The number of sulfonamides is 1. The van der Waals surface area contributed by atoms with Gasteiger partial charge in [0, 0.05) is 20.0 Å². The maximum absolute atomic E-state index is 12.5. The predicted molar refractivity (Wildman–Crippen MR) is 109 cm³/mol. The smallest absolute Gasteiger partial charge is 0.261 e. The molecule has 1 aromatic heterocycles. The van der Waals surface area contributed by atoms with Crippen LogP contribution in [0.4, 0.5) is 5.69 Å². The Morgan fingerprint density at radius 2 is 1.78 bits per heavy atom. The number of likely N-dealkylation sites (N-methyl/N-ethyl adjacent to an activating group) is 1. The van der Waals surface area contributed by atoms with E-state index in [4.69, 9.17) is 4.98 Å². The zero-order valence-corrected chi connectivity index (χ0v) is 16.8. The Bertz CT molecular complexity index is 1010. The Balaban J connectivity index is 1.83. The summed E-state index contributed by atoms with van der Waals surface area (Å²) in [5.74, 6) is 1.000. The summed E-state index contributed by atoms with van der Waals surface area (Å²) >= 11 is 0. The van der Waals surface area contributed by atoms with Gasteiger partial charge in [0.25, 0.3) is 10.0 Å². The molecule has 0 spiro atoms. The van der Waals surface area contributed by atoms with Gasteiger partial charge in [0.15, 0.2) is 0 Å². The molecule has 1 heterocycles. The minimum absolute atomic E-state index is 0.242. The Morgan fingerprint density at radius 3 is 2.44 bits per heavy atom. The zero-order chi connectivity index (χ0) is 19.4. The number of hydrogen-bond donors (Lipinski definition) is 1. The molecule has 0 bridgehead atoms. The number of nitrogens with one attached hydrogen (secondary N) is 1. The summed E-state index contributed by atoms with van der Waals surface area (Å²) in [6, 6.07) is 13.8. The molecular formula is C20H26N4O2S. The number of nitrogens with zero attached hydrogens (tertiary/aromatic N) is 3.